The van der Waals surface area contributed by atoms with E-state index in [-0.39, 0.29) is 28.5 Å². The lowest BCUT2D eigenvalue weighted by Crippen LogP contribution is -2.12. The molecule has 5 rings (SSSR count). The van der Waals surface area contributed by atoms with Crippen molar-refractivity contribution >= 4 is 11.3 Å². The van der Waals surface area contributed by atoms with Crippen LogP contribution < -0.4 is 5.73 Å². The smallest absolute Gasteiger partial charge is 0.382 e. The average Bonchev–Trinajstić information content (AvgIpc) is 3.49. The van der Waals surface area contributed by atoms with Crippen molar-refractivity contribution in [3.8, 4) is 23.1 Å². The van der Waals surface area contributed by atoms with Crippen LogP contribution >= 0.6 is 0 Å². The van der Waals surface area contributed by atoms with E-state index >= 15 is 0 Å². The molecule has 36 heavy (non-hydrogen) atoms. The fraction of sp³-hybridized carbons (Fsp3) is 0.136. The van der Waals surface area contributed by atoms with Gasteiger partial charge in [0.1, 0.15) is 23.1 Å². The van der Waals surface area contributed by atoms with Crippen LogP contribution in [0.3, 0.4) is 0 Å². The van der Waals surface area contributed by atoms with Crippen molar-refractivity contribution in [3.63, 3.8) is 0 Å². The Morgan fingerprint density at radius 1 is 1.14 bits per heavy atom. The first-order valence-electron chi connectivity index (χ1n) is 10.3. The summed E-state index contributed by atoms with van der Waals surface area (Å²) >= 11 is 0. The van der Waals surface area contributed by atoms with Crippen LogP contribution in [0.25, 0.3) is 22.6 Å². The van der Waals surface area contributed by atoms with Gasteiger partial charge in [0.05, 0.1) is 28.7 Å². The standard InChI is InChI=1S/C22H14F4N10/c1-11(15-10-35(34-32-15)16-5-3-2-4-14(16)23)18-12(7-27)6-17-19(28)31-20(33-36(17)18)13-8-29-21(30-9-13)22(24,25)26/h2-6,8-11H,1H3,(H2,28,31,33)/t11-/m0/s1. The molecule has 0 amide bonds. The lowest BCUT2D eigenvalue weighted by atomic mass is 10.0. The lowest BCUT2D eigenvalue weighted by molar-refractivity contribution is -0.144. The van der Waals surface area contributed by atoms with Crippen LogP contribution in [0.2, 0.25) is 0 Å². The number of nitrogen functional groups attached to an aromatic ring is 1. The molecule has 14 heteroatoms. The number of rotatable bonds is 4. The second-order valence-corrected chi connectivity index (χ2v) is 7.73. The van der Waals surface area contributed by atoms with E-state index in [1.165, 1.54) is 33.6 Å². The highest BCUT2D eigenvalue weighted by atomic mass is 19.4. The summed E-state index contributed by atoms with van der Waals surface area (Å²) in [4.78, 5) is 10.8. The number of nitriles is 1. The summed E-state index contributed by atoms with van der Waals surface area (Å²) in [5.74, 6) is -2.41. The van der Waals surface area contributed by atoms with Gasteiger partial charge in [-0.25, -0.2) is 28.5 Å². The van der Waals surface area contributed by atoms with Crippen molar-refractivity contribution < 1.29 is 17.6 Å². The summed E-state index contributed by atoms with van der Waals surface area (Å²) in [5, 5.41) is 22.3. The molecule has 0 aliphatic heterocycles. The first kappa shape index (κ1) is 22.8. The Hall–Kier alpha value is -4.93. The Kier molecular flexibility index (Phi) is 5.32. The summed E-state index contributed by atoms with van der Waals surface area (Å²) in [6.45, 7) is 1.75. The van der Waals surface area contributed by atoms with Gasteiger partial charge in [0.25, 0.3) is 0 Å². The van der Waals surface area contributed by atoms with Gasteiger partial charge in [0.15, 0.2) is 11.6 Å². The zero-order chi connectivity index (χ0) is 25.6. The molecule has 0 spiro atoms. The minimum atomic E-state index is -4.70. The molecule has 1 atom stereocenters. The first-order valence-corrected chi connectivity index (χ1v) is 10.3. The molecule has 0 aliphatic rings. The van der Waals surface area contributed by atoms with E-state index in [0.717, 1.165) is 12.4 Å². The van der Waals surface area contributed by atoms with Gasteiger partial charge < -0.3 is 5.73 Å². The van der Waals surface area contributed by atoms with E-state index in [1.807, 2.05) is 0 Å². The molecule has 0 bridgehead atoms. The number of benzene rings is 1. The zero-order valence-corrected chi connectivity index (χ0v) is 18.3. The predicted octanol–water partition coefficient (Wildman–Crippen LogP) is 3.53. The van der Waals surface area contributed by atoms with E-state index < -0.39 is 23.7 Å². The number of fused-ring (bicyclic) bond motifs is 1. The maximum Gasteiger partial charge on any atom is 0.451 e. The zero-order valence-electron chi connectivity index (χ0n) is 18.3. The van der Waals surface area contributed by atoms with Crippen molar-refractivity contribution in [2.75, 3.05) is 5.73 Å². The number of hydrogen-bond acceptors (Lipinski definition) is 8. The molecule has 0 radical (unpaired) electrons. The molecule has 0 fully saturated rings. The van der Waals surface area contributed by atoms with Crippen LogP contribution in [-0.4, -0.2) is 39.6 Å². The second kappa shape index (κ2) is 8.38. The SMILES string of the molecule is C[C@@H](c1cn(-c2ccccc2F)nn1)c1c(C#N)cc2c(N)nc(-c3cnc(C(F)(F)F)nc3)nn12. The molecule has 2 N–H and O–H groups in total. The quantitative estimate of drug-likeness (QED) is 0.375. The monoisotopic (exact) mass is 494 g/mol. The molecule has 0 unspecified atom stereocenters. The largest absolute Gasteiger partial charge is 0.451 e. The third-order valence-corrected chi connectivity index (χ3v) is 5.45. The second-order valence-electron chi connectivity index (χ2n) is 7.73. The van der Waals surface area contributed by atoms with Crippen molar-refractivity contribution in [2.45, 2.75) is 19.0 Å². The molecule has 4 aromatic heterocycles. The van der Waals surface area contributed by atoms with E-state index in [4.69, 9.17) is 5.73 Å². The molecule has 1 aromatic carbocycles. The topological polar surface area (TPSA) is 136 Å². The lowest BCUT2D eigenvalue weighted by Gasteiger charge is -2.11. The molecular formula is C22H14F4N10. The number of halogens is 4. The van der Waals surface area contributed by atoms with Crippen LogP contribution in [-0.2, 0) is 6.18 Å². The highest BCUT2D eigenvalue weighted by Crippen LogP contribution is 2.31. The summed E-state index contributed by atoms with van der Waals surface area (Å²) in [6, 6.07) is 9.62. The number of nitrogens with two attached hydrogens (primary N) is 1. The number of para-hydroxylation sites is 1. The number of anilines is 1. The van der Waals surface area contributed by atoms with Gasteiger partial charge in [-0.15, -0.1) is 10.2 Å². The molecular weight excluding hydrogens is 480 g/mol. The van der Waals surface area contributed by atoms with Crippen LogP contribution in [0.4, 0.5) is 23.4 Å². The number of nitrogens with zero attached hydrogens (tertiary/aromatic N) is 9. The van der Waals surface area contributed by atoms with Gasteiger partial charge in [0.2, 0.25) is 5.82 Å². The summed E-state index contributed by atoms with van der Waals surface area (Å²) in [6.07, 6.45) is -1.30. The molecule has 4 heterocycles. The maximum absolute atomic E-state index is 14.2. The van der Waals surface area contributed by atoms with Crippen molar-refractivity contribution in [1.82, 2.24) is 39.6 Å². The summed E-state index contributed by atoms with van der Waals surface area (Å²) in [7, 11) is 0. The van der Waals surface area contributed by atoms with E-state index in [2.05, 4.69) is 36.4 Å². The summed E-state index contributed by atoms with van der Waals surface area (Å²) in [5.41, 5.74) is 7.71. The van der Waals surface area contributed by atoms with Crippen LogP contribution in [0.5, 0.6) is 0 Å². The fourth-order valence-electron chi connectivity index (χ4n) is 3.68. The molecule has 0 saturated heterocycles. The average molecular weight is 494 g/mol. The Balaban J connectivity index is 1.60. The number of hydrogen-bond donors (Lipinski definition) is 1. The first-order chi connectivity index (χ1) is 17.2. The van der Waals surface area contributed by atoms with Gasteiger partial charge in [0, 0.05) is 18.3 Å². The molecule has 180 valence electrons. The minimum absolute atomic E-state index is 0.00939. The van der Waals surface area contributed by atoms with Gasteiger partial charge >= 0.3 is 6.18 Å². The van der Waals surface area contributed by atoms with Gasteiger partial charge in [-0.05, 0) is 18.2 Å². The maximum atomic E-state index is 14.2. The van der Waals surface area contributed by atoms with Crippen LogP contribution in [0.1, 0.15) is 35.6 Å². The summed E-state index contributed by atoms with van der Waals surface area (Å²) < 4.78 is 55.3. The molecule has 5 aromatic rings. The molecule has 0 aliphatic carbocycles. The van der Waals surface area contributed by atoms with E-state index in [0.29, 0.717) is 16.9 Å². The molecule has 10 nitrogen and oxygen atoms in total. The molecule has 0 saturated carbocycles. The fourth-order valence-corrected chi connectivity index (χ4v) is 3.68. The van der Waals surface area contributed by atoms with Gasteiger partial charge in [-0.1, -0.05) is 24.3 Å². The highest BCUT2D eigenvalue weighted by molar-refractivity contribution is 5.72. The van der Waals surface area contributed by atoms with Crippen LogP contribution in [0, 0.1) is 17.1 Å². The van der Waals surface area contributed by atoms with Crippen molar-refractivity contribution in [3.05, 3.63) is 77.5 Å². The minimum Gasteiger partial charge on any atom is -0.382 e. The van der Waals surface area contributed by atoms with Crippen molar-refractivity contribution in [2.24, 2.45) is 0 Å². The Morgan fingerprint density at radius 2 is 1.86 bits per heavy atom. The van der Waals surface area contributed by atoms with Crippen LogP contribution in [0.15, 0.2) is 48.9 Å². The van der Waals surface area contributed by atoms with Gasteiger partial charge in [-0.3, -0.25) is 0 Å². The van der Waals surface area contributed by atoms with E-state index in [9.17, 15) is 22.8 Å². The van der Waals surface area contributed by atoms with Crippen molar-refractivity contribution in [1.29, 1.82) is 5.26 Å². The Labute approximate surface area is 199 Å². The predicted molar refractivity (Wildman–Crippen MR) is 117 cm³/mol. The third kappa shape index (κ3) is 3.86. The van der Waals surface area contributed by atoms with Gasteiger partial charge in [-0.2, -0.15) is 18.4 Å². The number of alkyl halides is 3. The highest BCUT2D eigenvalue weighted by Gasteiger charge is 2.34. The third-order valence-electron chi connectivity index (χ3n) is 5.45. The number of aromatic nitrogens is 8. The Morgan fingerprint density at radius 3 is 2.53 bits per heavy atom. The normalized spacial score (nSPS) is 12.6. The Bertz CT molecular complexity index is 1630. The van der Waals surface area contributed by atoms with E-state index in [1.54, 1.807) is 19.1 Å².